The van der Waals surface area contributed by atoms with Gasteiger partial charge in [-0.15, -0.1) is 0 Å². The van der Waals surface area contributed by atoms with Crippen LogP contribution in [0, 0.1) is 0 Å². The van der Waals surface area contributed by atoms with Gasteiger partial charge in [-0.3, -0.25) is 9.59 Å². The Morgan fingerprint density at radius 2 is 1.91 bits per heavy atom. The molecule has 0 saturated heterocycles. The fourth-order valence-electron chi connectivity index (χ4n) is 4.47. The van der Waals surface area contributed by atoms with E-state index in [1.165, 1.54) is 0 Å². The molecule has 1 aliphatic rings. The molecule has 0 fully saturated rings. The molecule has 34 heavy (non-hydrogen) atoms. The van der Waals surface area contributed by atoms with Gasteiger partial charge in [0.05, 0.1) is 11.4 Å². The molecule has 1 aliphatic heterocycles. The second-order valence-corrected chi connectivity index (χ2v) is 8.75. The SMILES string of the molecule is CCC(=O)Nc1cc(C(=O)N2CCC(C)Nc3ccccc32)ccc1-c1ccc2[nH]ccc2c1. The number of hydrogen-bond donors (Lipinski definition) is 3. The highest BCUT2D eigenvalue weighted by Gasteiger charge is 2.25. The molecule has 2 amide bonds. The van der Waals surface area contributed by atoms with Crippen LogP contribution in [0.25, 0.3) is 22.0 Å². The lowest BCUT2D eigenvalue weighted by atomic mass is 9.99. The quantitative estimate of drug-likeness (QED) is 0.354. The Hall–Kier alpha value is -4.06. The van der Waals surface area contributed by atoms with E-state index in [1.807, 2.05) is 72.6 Å². The van der Waals surface area contributed by atoms with Crippen molar-refractivity contribution in [1.29, 1.82) is 0 Å². The minimum absolute atomic E-state index is 0.0806. The number of nitrogens with zero attached hydrogens (tertiary/aromatic N) is 1. The monoisotopic (exact) mass is 452 g/mol. The minimum Gasteiger partial charge on any atom is -0.381 e. The van der Waals surface area contributed by atoms with Gasteiger partial charge in [-0.25, -0.2) is 0 Å². The summed E-state index contributed by atoms with van der Waals surface area (Å²) in [7, 11) is 0. The number of hydrogen-bond acceptors (Lipinski definition) is 3. The summed E-state index contributed by atoms with van der Waals surface area (Å²) in [5, 5.41) is 7.59. The van der Waals surface area contributed by atoms with Crippen LogP contribution in [0.1, 0.15) is 37.0 Å². The minimum atomic E-state index is -0.0910. The first-order valence-corrected chi connectivity index (χ1v) is 11.7. The number of carbonyl (C=O) groups excluding carboxylic acids is 2. The zero-order valence-corrected chi connectivity index (χ0v) is 19.4. The van der Waals surface area contributed by atoms with Gasteiger partial charge in [0.25, 0.3) is 5.91 Å². The molecule has 0 radical (unpaired) electrons. The second-order valence-electron chi connectivity index (χ2n) is 8.75. The molecular weight excluding hydrogens is 424 g/mol. The van der Waals surface area contributed by atoms with Crippen LogP contribution in [-0.2, 0) is 4.79 Å². The van der Waals surface area contributed by atoms with E-state index in [4.69, 9.17) is 0 Å². The van der Waals surface area contributed by atoms with Crippen LogP contribution >= 0.6 is 0 Å². The van der Waals surface area contributed by atoms with E-state index in [2.05, 4.69) is 28.6 Å². The van der Waals surface area contributed by atoms with E-state index < -0.39 is 0 Å². The predicted octanol–water partition coefficient (Wildman–Crippen LogP) is 6.03. The molecule has 0 saturated carbocycles. The van der Waals surface area contributed by atoms with Crippen molar-refractivity contribution in [3.8, 4) is 11.1 Å². The van der Waals surface area contributed by atoms with Crippen molar-refractivity contribution in [3.63, 3.8) is 0 Å². The van der Waals surface area contributed by atoms with Crippen molar-refractivity contribution in [1.82, 2.24) is 4.98 Å². The molecule has 5 rings (SSSR count). The first kappa shape index (κ1) is 21.8. The number of amides is 2. The standard InChI is InChI=1S/C28H28N4O2/c1-3-27(33)31-25-17-21(8-10-22(25)19-9-11-23-20(16-19)12-14-29-23)28(34)32-15-13-18(2)30-24-6-4-5-7-26(24)32/h4-12,14,16-18,29-30H,3,13,15H2,1-2H3,(H,31,33). The zero-order valence-electron chi connectivity index (χ0n) is 19.4. The van der Waals surface area contributed by atoms with Crippen molar-refractivity contribution >= 4 is 39.8 Å². The van der Waals surface area contributed by atoms with Gasteiger partial charge in [0.15, 0.2) is 0 Å². The molecular formula is C28H28N4O2. The molecule has 6 heteroatoms. The summed E-state index contributed by atoms with van der Waals surface area (Å²) in [6.45, 7) is 4.56. The smallest absolute Gasteiger partial charge is 0.258 e. The maximum atomic E-state index is 13.7. The Morgan fingerprint density at radius 3 is 2.76 bits per heavy atom. The van der Waals surface area contributed by atoms with E-state index in [1.54, 1.807) is 6.07 Å². The number of rotatable bonds is 4. The lowest BCUT2D eigenvalue weighted by Gasteiger charge is -2.23. The molecule has 1 aromatic heterocycles. The summed E-state index contributed by atoms with van der Waals surface area (Å²) in [4.78, 5) is 31.1. The van der Waals surface area contributed by atoms with Gasteiger partial charge in [-0.1, -0.05) is 31.2 Å². The summed E-state index contributed by atoms with van der Waals surface area (Å²) in [5.41, 5.74) is 5.93. The average molecular weight is 453 g/mol. The van der Waals surface area contributed by atoms with Crippen molar-refractivity contribution in [2.45, 2.75) is 32.7 Å². The highest BCUT2D eigenvalue weighted by atomic mass is 16.2. The number of nitrogens with one attached hydrogen (secondary N) is 3. The van der Waals surface area contributed by atoms with Crippen LogP contribution in [0.3, 0.4) is 0 Å². The number of H-pyrrole nitrogens is 1. The van der Waals surface area contributed by atoms with E-state index in [0.717, 1.165) is 39.8 Å². The van der Waals surface area contributed by atoms with Crippen LogP contribution < -0.4 is 15.5 Å². The number of aromatic amines is 1. The Balaban J connectivity index is 1.55. The first-order chi connectivity index (χ1) is 16.5. The van der Waals surface area contributed by atoms with Crippen LogP contribution in [0.2, 0.25) is 0 Å². The fraction of sp³-hybridized carbons (Fsp3) is 0.214. The van der Waals surface area contributed by atoms with E-state index in [-0.39, 0.29) is 17.9 Å². The molecule has 1 unspecified atom stereocenters. The Labute approximate surface area is 199 Å². The predicted molar refractivity (Wildman–Crippen MR) is 138 cm³/mol. The van der Waals surface area contributed by atoms with Crippen LogP contribution in [-0.4, -0.2) is 29.4 Å². The molecule has 4 aromatic rings. The summed E-state index contributed by atoms with van der Waals surface area (Å²) in [6, 6.07) is 21.9. The van der Waals surface area contributed by atoms with Gasteiger partial charge in [-0.05, 0) is 66.8 Å². The molecule has 3 N–H and O–H groups in total. The highest BCUT2D eigenvalue weighted by molar-refractivity contribution is 6.09. The van der Waals surface area contributed by atoms with Crippen molar-refractivity contribution in [3.05, 3.63) is 78.5 Å². The van der Waals surface area contributed by atoms with Crippen LogP contribution in [0.5, 0.6) is 0 Å². The Morgan fingerprint density at radius 1 is 1.06 bits per heavy atom. The van der Waals surface area contributed by atoms with Gasteiger partial charge < -0.3 is 20.5 Å². The summed E-state index contributed by atoms with van der Waals surface area (Å²) < 4.78 is 0. The lowest BCUT2D eigenvalue weighted by Crippen LogP contribution is -2.32. The number of carbonyl (C=O) groups is 2. The average Bonchev–Trinajstić information content (AvgIpc) is 3.25. The summed E-state index contributed by atoms with van der Waals surface area (Å²) in [5.74, 6) is -0.172. The molecule has 172 valence electrons. The van der Waals surface area contributed by atoms with Crippen molar-refractivity contribution < 1.29 is 9.59 Å². The second kappa shape index (κ2) is 9.06. The van der Waals surface area contributed by atoms with E-state index >= 15 is 0 Å². The number of fused-ring (bicyclic) bond motifs is 2. The van der Waals surface area contributed by atoms with Crippen LogP contribution in [0.4, 0.5) is 17.1 Å². The molecule has 0 aliphatic carbocycles. The normalized spacial score (nSPS) is 15.4. The number of anilines is 3. The third kappa shape index (κ3) is 4.15. The van der Waals surface area contributed by atoms with Crippen molar-refractivity contribution in [2.75, 3.05) is 22.1 Å². The van der Waals surface area contributed by atoms with E-state index in [9.17, 15) is 9.59 Å². The topological polar surface area (TPSA) is 77.2 Å². The number of benzene rings is 3. The summed E-state index contributed by atoms with van der Waals surface area (Å²) >= 11 is 0. The zero-order chi connectivity index (χ0) is 23.7. The van der Waals surface area contributed by atoms with Gasteiger partial charge in [-0.2, -0.15) is 0 Å². The molecule has 1 atom stereocenters. The number of aromatic nitrogens is 1. The maximum Gasteiger partial charge on any atom is 0.258 e. The van der Waals surface area contributed by atoms with Gasteiger partial charge in [0, 0.05) is 47.5 Å². The lowest BCUT2D eigenvalue weighted by molar-refractivity contribution is -0.115. The first-order valence-electron chi connectivity index (χ1n) is 11.7. The largest absolute Gasteiger partial charge is 0.381 e. The van der Waals surface area contributed by atoms with Gasteiger partial charge in [0.2, 0.25) is 5.91 Å². The Kier molecular flexibility index (Phi) is 5.80. The molecule has 3 aromatic carbocycles. The fourth-order valence-corrected chi connectivity index (χ4v) is 4.47. The maximum absolute atomic E-state index is 13.7. The molecule has 0 bridgehead atoms. The highest BCUT2D eigenvalue weighted by Crippen LogP contribution is 2.34. The van der Waals surface area contributed by atoms with Crippen LogP contribution in [0.15, 0.2) is 72.9 Å². The number of para-hydroxylation sites is 2. The van der Waals surface area contributed by atoms with Gasteiger partial charge in [0.1, 0.15) is 0 Å². The molecule has 2 heterocycles. The van der Waals surface area contributed by atoms with E-state index in [0.29, 0.717) is 24.2 Å². The van der Waals surface area contributed by atoms with Crippen molar-refractivity contribution in [2.24, 2.45) is 0 Å². The molecule has 6 nitrogen and oxygen atoms in total. The molecule has 0 spiro atoms. The summed E-state index contributed by atoms with van der Waals surface area (Å²) in [6.07, 6.45) is 3.11. The Bertz CT molecular complexity index is 1370. The third-order valence-corrected chi connectivity index (χ3v) is 6.35. The van der Waals surface area contributed by atoms with Gasteiger partial charge >= 0.3 is 0 Å². The third-order valence-electron chi connectivity index (χ3n) is 6.35.